The third kappa shape index (κ3) is 2.38. The van der Waals surface area contributed by atoms with Crippen molar-refractivity contribution in [1.82, 2.24) is 0 Å². The molecule has 1 atom stereocenters. The summed E-state index contributed by atoms with van der Waals surface area (Å²) in [7, 11) is 0. The maximum Gasteiger partial charge on any atom is 0.132 e. The number of benzene rings is 2. The highest BCUT2D eigenvalue weighted by Crippen LogP contribution is 2.27. The lowest BCUT2D eigenvalue weighted by molar-refractivity contribution is 0.214. The van der Waals surface area contributed by atoms with Crippen LogP contribution in [0.2, 0.25) is 0 Å². The lowest BCUT2D eigenvalue weighted by Crippen LogP contribution is -2.05. The van der Waals surface area contributed by atoms with Crippen LogP contribution in [0, 0.1) is 24.4 Å². The summed E-state index contributed by atoms with van der Waals surface area (Å²) in [6, 6.07) is 6.78. The van der Waals surface area contributed by atoms with Crippen LogP contribution in [0.3, 0.4) is 0 Å². The molecular formula is C14H11F3O. The molecule has 2 aromatic rings. The monoisotopic (exact) mass is 252 g/mol. The van der Waals surface area contributed by atoms with Gasteiger partial charge < -0.3 is 5.11 Å². The first-order valence-corrected chi connectivity index (χ1v) is 5.38. The lowest BCUT2D eigenvalue weighted by Gasteiger charge is -2.15. The maximum atomic E-state index is 13.5. The van der Waals surface area contributed by atoms with Crippen molar-refractivity contribution >= 4 is 0 Å². The Hall–Kier alpha value is -1.81. The van der Waals surface area contributed by atoms with Crippen molar-refractivity contribution in [3.05, 3.63) is 70.5 Å². The molecule has 0 aliphatic carbocycles. The lowest BCUT2D eigenvalue weighted by atomic mass is 9.97. The molecule has 0 radical (unpaired) electrons. The van der Waals surface area contributed by atoms with Gasteiger partial charge in [0.2, 0.25) is 0 Å². The fourth-order valence-electron chi connectivity index (χ4n) is 1.84. The molecule has 0 aliphatic rings. The van der Waals surface area contributed by atoms with Gasteiger partial charge in [0.05, 0.1) is 0 Å². The second kappa shape index (κ2) is 4.82. The molecule has 1 unspecified atom stereocenters. The van der Waals surface area contributed by atoms with Crippen LogP contribution in [0.25, 0.3) is 0 Å². The topological polar surface area (TPSA) is 20.2 Å². The van der Waals surface area contributed by atoms with Gasteiger partial charge in [0.1, 0.15) is 23.6 Å². The van der Waals surface area contributed by atoms with Gasteiger partial charge in [0, 0.05) is 11.6 Å². The molecule has 2 rings (SSSR count). The van der Waals surface area contributed by atoms with Gasteiger partial charge in [-0.05, 0) is 36.2 Å². The van der Waals surface area contributed by atoms with Crippen molar-refractivity contribution in [2.75, 3.05) is 0 Å². The highest BCUT2D eigenvalue weighted by molar-refractivity contribution is 5.36. The fourth-order valence-corrected chi connectivity index (χ4v) is 1.84. The first-order chi connectivity index (χ1) is 8.49. The zero-order valence-electron chi connectivity index (χ0n) is 9.62. The van der Waals surface area contributed by atoms with Gasteiger partial charge >= 0.3 is 0 Å². The van der Waals surface area contributed by atoms with Crippen molar-refractivity contribution in [2.24, 2.45) is 0 Å². The van der Waals surface area contributed by atoms with E-state index in [0.29, 0.717) is 17.2 Å². The van der Waals surface area contributed by atoms with E-state index in [4.69, 9.17) is 0 Å². The average Bonchev–Trinajstić information content (AvgIpc) is 2.28. The summed E-state index contributed by atoms with van der Waals surface area (Å²) in [6.45, 7) is 1.61. The summed E-state index contributed by atoms with van der Waals surface area (Å²) in [5, 5.41) is 10.1. The third-order valence-corrected chi connectivity index (χ3v) is 2.78. The summed E-state index contributed by atoms with van der Waals surface area (Å²) >= 11 is 0. The second-order valence-electron chi connectivity index (χ2n) is 4.07. The van der Waals surface area contributed by atoms with E-state index in [1.807, 2.05) is 0 Å². The Morgan fingerprint density at radius 3 is 2.00 bits per heavy atom. The number of aliphatic hydroxyl groups is 1. The largest absolute Gasteiger partial charge is 0.384 e. The Balaban J connectivity index is 2.44. The van der Waals surface area contributed by atoms with E-state index in [1.54, 1.807) is 6.92 Å². The molecule has 0 aromatic heterocycles. The molecule has 0 fully saturated rings. The average molecular weight is 252 g/mol. The Kier molecular flexibility index (Phi) is 3.39. The molecule has 4 heteroatoms. The smallest absolute Gasteiger partial charge is 0.132 e. The number of aliphatic hydroxyl groups excluding tert-OH is 1. The van der Waals surface area contributed by atoms with Crippen molar-refractivity contribution < 1.29 is 18.3 Å². The standard InChI is InChI=1S/C14H11F3O/c1-8-6-9(15)2-4-11(8)14(18)12-5-3-10(16)7-13(12)17/h2-7,14,18H,1H3. The minimum Gasteiger partial charge on any atom is -0.384 e. The van der Waals surface area contributed by atoms with E-state index in [-0.39, 0.29) is 5.56 Å². The van der Waals surface area contributed by atoms with Crippen LogP contribution in [0.15, 0.2) is 36.4 Å². The number of rotatable bonds is 2. The van der Waals surface area contributed by atoms with E-state index in [1.165, 1.54) is 24.3 Å². The molecular weight excluding hydrogens is 241 g/mol. The van der Waals surface area contributed by atoms with Crippen LogP contribution < -0.4 is 0 Å². The molecule has 0 saturated heterocycles. The summed E-state index contributed by atoms with van der Waals surface area (Å²) in [4.78, 5) is 0. The van der Waals surface area contributed by atoms with E-state index < -0.39 is 23.6 Å². The van der Waals surface area contributed by atoms with E-state index in [0.717, 1.165) is 6.07 Å². The zero-order chi connectivity index (χ0) is 13.3. The first-order valence-electron chi connectivity index (χ1n) is 5.38. The number of hydrogen-bond donors (Lipinski definition) is 1. The van der Waals surface area contributed by atoms with Crippen LogP contribution in [-0.2, 0) is 0 Å². The summed E-state index contributed by atoms with van der Waals surface area (Å²) in [5.74, 6) is -1.96. The minimum atomic E-state index is -1.24. The SMILES string of the molecule is Cc1cc(F)ccc1C(O)c1ccc(F)cc1F. The van der Waals surface area contributed by atoms with Crippen LogP contribution in [0.5, 0.6) is 0 Å². The number of aryl methyl sites for hydroxylation is 1. The summed E-state index contributed by atoms with van der Waals surface area (Å²) < 4.78 is 39.2. The Morgan fingerprint density at radius 2 is 1.44 bits per heavy atom. The van der Waals surface area contributed by atoms with Gasteiger partial charge in [-0.3, -0.25) is 0 Å². The number of hydrogen-bond acceptors (Lipinski definition) is 1. The van der Waals surface area contributed by atoms with Crippen molar-refractivity contribution in [3.63, 3.8) is 0 Å². The van der Waals surface area contributed by atoms with Crippen molar-refractivity contribution in [1.29, 1.82) is 0 Å². The fraction of sp³-hybridized carbons (Fsp3) is 0.143. The Labute approximate surface area is 103 Å². The van der Waals surface area contributed by atoms with Gasteiger partial charge in [0.15, 0.2) is 0 Å². The molecule has 0 spiro atoms. The van der Waals surface area contributed by atoms with Crippen LogP contribution in [0.4, 0.5) is 13.2 Å². The van der Waals surface area contributed by atoms with Gasteiger partial charge in [-0.15, -0.1) is 0 Å². The number of halogens is 3. The van der Waals surface area contributed by atoms with Gasteiger partial charge in [-0.25, -0.2) is 13.2 Å². The first kappa shape index (κ1) is 12.6. The molecule has 1 nitrogen and oxygen atoms in total. The van der Waals surface area contributed by atoms with Gasteiger partial charge in [-0.1, -0.05) is 12.1 Å². The molecule has 0 saturated carbocycles. The summed E-state index contributed by atoms with van der Waals surface area (Å²) in [5.41, 5.74) is 0.860. The normalized spacial score (nSPS) is 12.5. The molecule has 1 N–H and O–H groups in total. The molecule has 0 aliphatic heterocycles. The molecule has 0 bridgehead atoms. The molecule has 18 heavy (non-hydrogen) atoms. The maximum absolute atomic E-state index is 13.5. The van der Waals surface area contributed by atoms with Crippen molar-refractivity contribution in [2.45, 2.75) is 13.0 Å². The van der Waals surface area contributed by atoms with E-state index in [9.17, 15) is 18.3 Å². The predicted octanol–water partition coefficient (Wildman–Crippen LogP) is 3.49. The van der Waals surface area contributed by atoms with E-state index in [2.05, 4.69) is 0 Å². The second-order valence-corrected chi connectivity index (χ2v) is 4.07. The van der Waals surface area contributed by atoms with Crippen LogP contribution in [-0.4, -0.2) is 5.11 Å². The van der Waals surface area contributed by atoms with Crippen LogP contribution >= 0.6 is 0 Å². The molecule has 0 amide bonds. The molecule has 94 valence electrons. The molecule has 0 heterocycles. The summed E-state index contributed by atoms with van der Waals surface area (Å²) in [6.07, 6.45) is -1.24. The predicted molar refractivity (Wildman–Crippen MR) is 61.6 cm³/mol. The van der Waals surface area contributed by atoms with Gasteiger partial charge in [0.25, 0.3) is 0 Å². The zero-order valence-corrected chi connectivity index (χ0v) is 9.62. The molecule has 2 aromatic carbocycles. The Bertz CT molecular complexity index is 530. The van der Waals surface area contributed by atoms with E-state index >= 15 is 0 Å². The third-order valence-electron chi connectivity index (χ3n) is 2.78. The highest BCUT2D eigenvalue weighted by atomic mass is 19.1. The minimum absolute atomic E-state index is 0.0360. The Morgan fingerprint density at radius 1 is 0.889 bits per heavy atom. The van der Waals surface area contributed by atoms with Gasteiger partial charge in [-0.2, -0.15) is 0 Å². The van der Waals surface area contributed by atoms with Crippen LogP contribution in [0.1, 0.15) is 22.8 Å². The van der Waals surface area contributed by atoms with Crippen molar-refractivity contribution in [3.8, 4) is 0 Å². The quantitative estimate of drug-likeness (QED) is 0.867. The highest BCUT2D eigenvalue weighted by Gasteiger charge is 2.17.